The van der Waals surface area contributed by atoms with E-state index in [1.54, 1.807) is 0 Å². The lowest BCUT2D eigenvalue weighted by atomic mass is 9.43. The minimum absolute atomic E-state index is 0.0132. The SMILES string of the molecule is CC(C)(C)c1ccc(N2B3c4c(c5ccc6cc(C(C)(C)C)cc7ccc(c4-n4c8ccc(C(C)(C)C)cc8c8cc(C(C)(C)C)cc3c84)c5c67)-c3ncccc32)cc1. The van der Waals surface area contributed by atoms with E-state index >= 15 is 0 Å². The van der Waals surface area contributed by atoms with Crippen molar-refractivity contribution >= 4 is 83.3 Å². The normalized spacial score (nSPS) is 14.4. The van der Waals surface area contributed by atoms with Gasteiger partial charge in [-0.25, -0.2) is 0 Å². The van der Waals surface area contributed by atoms with Crippen LogP contribution in [0, 0.1) is 0 Å². The molecular formula is C55H54BN3. The molecule has 0 bridgehead atoms. The Morgan fingerprint density at radius 2 is 1.10 bits per heavy atom. The molecule has 0 N–H and O–H groups in total. The minimum atomic E-state index is -0.0877. The van der Waals surface area contributed by atoms with Crippen molar-refractivity contribution in [1.29, 1.82) is 0 Å². The van der Waals surface area contributed by atoms with Crippen LogP contribution >= 0.6 is 0 Å². The van der Waals surface area contributed by atoms with Gasteiger partial charge in [-0.15, -0.1) is 0 Å². The number of aromatic nitrogens is 2. The molecule has 0 atom stereocenters. The van der Waals surface area contributed by atoms with Gasteiger partial charge in [0, 0.05) is 39.0 Å². The molecule has 4 heterocycles. The number of hydrogen-bond donors (Lipinski definition) is 0. The molecule has 11 rings (SSSR count). The molecule has 0 amide bonds. The highest BCUT2D eigenvalue weighted by atomic mass is 15.1. The van der Waals surface area contributed by atoms with Gasteiger partial charge in [0.15, 0.2) is 0 Å². The van der Waals surface area contributed by atoms with Crippen molar-refractivity contribution in [3.63, 3.8) is 0 Å². The molecule has 2 aliphatic heterocycles. The summed E-state index contributed by atoms with van der Waals surface area (Å²) in [5, 5.41) is 10.5. The minimum Gasteiger partial charge on any atom is -0.375 e. The first kappa shape index (κ1) is 36.5. The summed E-state index contributed by atoms with van der Waals surface area (Å²) in [4.78, 5) is 7.98. The lowest BCUT2D eigenvalue weighted by molar-refractivity contribution is 0.590. The van der Waals surface area contributed by atoms with E-state index in [9.17, 15) is 0 Å². The number of rotatable bonds is 1. The van der Waals surface area contributed by atoms with Crippen LogP contribution in [0.3, 0.4) is 0 Å². The van der Waals surface area contributed by atoms with E-state index in [0.717, 1.165) is 11.4 Å². The number of pyridine rings is 1. The lowest BCUT2D eigenvalue weighted by Crippen LogP contribution is -2.61. The fourth-order valence-electron chi connectivity index (χ4n) is 10.5. The van der Waals surface area contributed by atoms with Crippen LogP contribution in [0.2, 0.25) is 0 Å². The molecule has 0 saturated carbocycles. The Hall–Kier alpha value is -5.61. The zero-order valence-electron chi connectivity index (χ0n) is 36.8. The Balaban J connectivity index is 1.37. The van der Waals surface area contributed by atoms with Crippen molar-refractivity contribution in [2.75, 3.05) is 4.81 Å². The Labute approximate surface area is 349 Å². The second-order valence-electron chi connectivity index (χ2n) is 21.8. The van der Waals surface area contributed by atoms with Crippen LogP contribution < -0.4 is 15.7 Å². The average Bonchev–Trinajstić information content (AvgIpc) is 3.51. The molecule has 0 spiro atoms. The monoisotopic (exact) mass is 767 g/mol. The Kier molecular flexibility index (Phi) is 7.15. The summed E-state index contributed by atoms with van der Waals surface area (Å²) in [6.07, 6.45) is 1.99. The summed E-state index contributed by atoms with van der Waals surface area (Å²) >= 11 is 0. The number of nitrogens with zero attached hydrogens (tertiary/aromatic N) is 3. The number of anilines is 2. The molecule has 0 fully saturated rings. The summed E-state index contributed by atoms with van der Waals surface area (Å²) in [7, 11) is 0. The van der Waals surface area contributed by atoms with Crippen molar-refractivity contribution in [1.82, 2.24) is 9.55 Å². The van der Waals surface area contributed by atoms with Crippen molar-refractivity contribution in [2.24, 2.45) is 0 Å². The highest BCUT2D eigenvalue weighted by molar-refractivity contribution is 6.94. The van der Waals surface area contributed by atoms with Gasteiger partial charge in [0.2, 0.25) is 0 Å². The summed E-state index contributed by atoms with van der Waals surface area (Å²) in [6, 6.07) is 40.6. The number of fused-ring (bicyclic) bond motifs is 9. The zero-order valence-corrected chi connectivity index (χ0v) is 36.8. The maximum atomic E-state index is 5.36. The first-order valence-corrected chi connectivity index (χ1v) is 21.6. The van der Waals surface area contributed by atoms with Gasteiger partial charge in [-0.2, -0.15) is 0 Å². The van der Waals surface area contributed by atoms with Crippen molar-refractivity contribution in [2.45, 2.75) is 105 Å². The molecule has 0 aliphatic carbocycles. The molecular weight excluding hydrogens is 713 g/mol. The van der Waals surface area contributed by atoms with Gasteiger partial charge in [-0.05, 0) is 119 Å². The lowest BCUT2D eigenvalue weighted by Gasteiger charge is -2.43. The fourth-order valence-corrected chi connectivity index (χ4v) is 10.5. The Morgan fingerprint density at radius 1 is 0.508 bits per heavy atom. The summed E-state index contributed by atoms with van der Waals surface area (Å²) < 4.78 is 2.66. The van der Waals surface area contributed by atoms with Crippen LogP contribution in [0.1, 0.15) is 105 Å². The van der Waals surface area contributed by atoms with E-state index in [4.69, 9.17) is 4.98 Å². The van der Waals surface area contributed by atoms with Gasteiger partial charge in [-0.3, -0.25) is 4.98 Å². The molecule has 9 aromatic rings. The van der Waals surface area contributed by atoms with Crippen molar-refractivity contribution < 1.29 is 0 Å². The van der Waals surface area contributed by atoms with E-state index in [0.29, 0.717) is 0 Å². The molecule has 59 heavy (non-hydrogen) atoms. The topological polar surface area (TPSA) is 21.1 Å². The molecule has 7 aromatic carbocycles. The standard InChI is InChI=1S/C55H54BN3/c1-52(2,3)33-17-20-37(21-18-33)59-44-14-13-25-57-49(44)47-38-22-15-31-26-35(54(7,8)9)27-32-16-23-39(46(38)45(31)32)51-48(47)56(59)42-30-36(55(10,11)12)29-41-40-28-34(53(4,5)6)19-24-43(40)58(51)50(41)42/h13-30H,1-12H3. The first-order valence-electron chi connectivity index (χ1n) is 21.6. The predicted octanol–water partition coefficient (Wildman–Crippen LogP) is 13.5. The molecule has 0 radical (unpaired) electrons. The zero-order chi connectivity index (χ0) is 41.3. The quantitative estimate of drug-likeness (QED) is 0.123. The molecule has 3 nitrogen and oxygen atoms in total. The molecule has 2 aliphatic rings. The van der Waals surface area contributed by atoms with Gasteiger partial charge in [0.05, 0.1) is 28.1 Å². The Morgan fingerprint density at radius 3 is 1.75 bits per heavy atom. The van der Waals surface area contributed by atoms with Crippen LogP contribution in [-0.4, -0.2) is 16.4 Å². The van der Waals surface area contributed by atoms with Gasteiger partial charge in [-0.1, -0.05) is 144 Å². The van der Waals surface area contributed by atoms with Crippen LogP contribution in [0.5, 0.6) is 0 Å². The molecule has 4 heteroatoms. The van der Waals surface area contributed by atoms with E-state index in [1.807, 2.05) is 6.20 Å². The second kappa shape index (κ2) is 11.6. The van der Waals surface area contributed by atoms with Crippen LogP contribution in [0.25, 0.3) is 71.1 Å². The van der Waals surface area contributed by atoms with Crippen LogP contribution in [0.4, 0.5) is 11.4 Å². The fraction of sp³-hybridized carbons (Fsp3) is 0.291. The van der Waals surface area contributed by atoms with Crippen molar-refractivity contribution in [3.8, 4) is 16.9 Å². The smallest absolute Gasteiger partial charge is 0.333 e. The first-order chi connectivity index (χ1) is 27.8. The number of hydrogen-bond acceptors (Lipinski definition) is 2. The maximum absolute atomic E-state index is 5.36. The molecule has 0 saturated heterocycles. The number of benzene rings is 7. The third-order valence-corrected chi connectivity index (χ3v) is 13.7. The summed E-state index contributed by atoms with van der Waals surface area (Å²) in [5.74, 6) is 0. The predicted molar refractivity (Wildman–Crippen MR) is 256 cm³/mol. The van der Waals surface area contributed by atoms with Gasteiger partial charge in [0.25, 0.3) is 0 Å². The van der Waals surface area contributed by atoms with Crippen LogP contribution in [-0.2, 0) is 21.7 Å². The van der Waals surface area contributed by atoms with E-state index in [-0.39, 0.29) is 28.5 Å². The molecule has 2 aromatic heterocycles. The van der Waals surface area contributed by atoms with Gasteiger partial charge in [0.1, 0.15) is 0 Å². The molecule has 0 unspecified atom stereocenters. The summed E-state index contributed by atoms with van der Waals surface area (Å²) in [6.45, 7) is 27.9. The van der Waals surface area contributed by atoms with E-state index < -0.39 is 0 Å². The summed E-state index contributed by atoms with van der Waals surface area (Å²) in [5.41, 5.74) is 16.7. The van der Waals surface area contributed by atoms with Gasteiger partial charge < -0.3 is 9.38 Å². The largest absolute Gasteiger partial charge is 0.375 e. The average molecular weight is 768 g/mol. The third kappa shape index (κ3) is 5.05. The maximum Gasteiger partial charge on any atom is 0.333 e. The molecule has 292 valence electrons. The Bertz CT molecular complexity index is 3230. The van der Waals surface area contributed by atoms with Crippen molar-refractivity contribution in [3.05, 3.63) is 132 Å². The highest BCUT2D eigenvalue weighted by Crippen LogP contribution is 2.51. The van der Waals surface area contributed by atoms with Gasteiger partial charge >= 0.3 is 6.85 Å². The van der Waals surface area contributed by atoms with E-state index in [2.05, 4.69) is 196 Å². The van der Waals surface area contributed by atoms with Crippen LogP contribution in [0.15, 0.2) is 109 Å². The second-order valence-corrected chi connectivity index (χ2v) is 21.8. The highest BCUT2D eigenvalue weighted by Gasteiger charge is 2.46. The van der Waals surface area contributed by atoms with E-state index in [1.165, 1.54) is 104 Å². The third-order valence-electron chi connectivity index (χ3n) is 13.7.